The Balaban J connectivity index is 2.03. The maximum absolute atomic E-state index is 12.0. The molecule has 5 heteroatoms. The molecule has 1 fully saturated rings. The van der Waals surface area contributed by atoms with E-state index in [0.29, 0.717) is 16.2 Å². The van der Waals surface area contributed by atoms with Crippen LogP contribution in [0.25, 0.3) is 0 Å². The highest BCUT2D eigenvalue weighted by Crippen LogP contribution is 2.22. The van der Waals surface area contributed by atoms with Crippen LogP contribution >= 0.6 is 31.9 Å². The summed E-state index contributed by atoms with van der Waals surface area (Å²) in [5.74, 6) is 0.650. The number of rotatable bonds is 2. The number of hydrogen-bond donors (Lipinski definition) is 0. The van der Waals surface area contributed by atoms with Crippen LogP contribution < -0.4 is 0 Å². The Morgan fingerprint density at radius 3 is 3.00 bits per heavy atom. The molecule has 0 saturated carbocycles. The lowest BCUT2D eigenvalue weighted by atomic mass is 10.2. The number of carbonyl (C=O) groups is 1. The van der Waals surface area contributed by atoms with Gasteiger partial charge in [-0.15, -0.1) is 0 Å². The van der Waals surface area contributed by atoms with Crippen LogP contribution in [0, 0.1) is 5.92 Å². The maximum Gasteiger partial charge on any atom is 0.257 e. The monoisotopic (exact) mass is 335 g/mol. The van der Waals surface area contributed by atoms with Gasteiger partial charge in [0.1, 0.15) is 6.26 Å². The van der Waals surface area contributed by atoms with E-state index in [4.69, 9.17) is 4.42 Å². The molecular formula is C10H11Br2NO2. The standard InChI is InChI=1S/C10H11Br2NO2/c11-4-7-1-2-13(5-7)10(14)8-3-9(12)15-6-8/h3,6-7H,1-2,4-5H2. The van der Waals surface area contributed by atoms with Gasteiger partial charge in [0, 0.05) is 24.5 Å². The summed E-state index contributed by atoms with van der Waals surface area (Å²) in [6.07, 6.45) is 2.57. The molecule has 0 bridgehead atoms. The van der Waals surface area contributed by atoms with Crippen molar-refractivity contribution < 1.29 is 9.21 Å². The van der Waals surface area contributed by atoms with E-state index in [1.165, 1.54) is 6.26 Å². The van der Waals surface area contributed by atoms with E-state index in [1.807, 2.05) is 4.90 Å². The van der Waals surface area contributed by atoms with Crippen molar-refractivity contribution in [2.24, 2.45) is 5.92 Å². The summed E-state index contributed by atoms with van der Waals surface area (Å²) >= 11 is 6.64. The van der Waals surface area contributed by atoms with Crippen LogP contribution in [0.1, 0.15) is 16.8 Å². The third-order valence-corrected chi connectivity index (χ3v) is 3.94. The van der Waals surface area contributed by atoms with Crippen LogP contribution in [0.2, 0.25) is 0 Å². The molecule has 82 valence electrons. The van der Waals surface area contributed by atoms with E-state index < -0.39 is 0 Å². The number of alkyl halides is 1. The molecule has 0 spiro atoms. The smallest absolute Gasteiger partial charge is 0.257 e. The molecule has 1 unspecified atom stereocenters. The van der Waals surface area contributed by atoms with E-state index in [2.05, 4.69) is 31.9 Å². The highest BCUT2D eigenvalue weighted by atomic mass is 79.9. The van der Waals surface area contributed by atoms with E-state index in [-0.39, 0.29) is 5.91 Å². The van der Waals surface area contributed by atoms with Crippen molar-refractivity contribution in [3.05, 3.63) is 22.6 Å². The van der Waals surface area contributed by atoms with Crippen molar-refractivity contribution in [3.8, 4) is 0 Å². The molecule has 1 atom stereocenters. The average molecular weight is 337 g/mol. The van der Waals surface area contributed by atoms with E-state index >= 15 is 0 Å². The lowest BCUT2D eigenvalue weighted by molar-refractivity contribution is 0.0787. The second kappa shape index (κ2) is 4.70. The van der Waals surface area contributed by atoms with Gasteiger partial charge in [-0.25, -0.2) is 0 Å². The first-order valence-corrected chi connectivity index (χ1v) is 6.71. The van der Waals surface area contributed by atoms with Gasteiger partial charge in [0.05, 0.1) is 5.56 Å². The van der Waals surface area contributed by atoms with E-state index in [1.54, 1.807) is 6.07 Å². The summed E-state index contributed by atoms with van der Waals surface area (Å²) in [5, 5.41) is 0.964. The lowest BCUT2D eigenvalue weighted by Gasteiger charge is -2.14. The van der Waals surface area contributed by atoms with Crippen molar-refractivity contribution in [2.45, 2.75) is 6.42 Å². The van der Waals surface area contributed by atoms with Crippen LogP contribution in [0.4, 0.5) is 0 Å². The van der Waals surface area contributed by atoms with Gasteiger partial charge in [-0.2, -0.15) is 0 Å². The Morgan fingerprint density at radius 1 is 1.67 bits per heavy atom. The van der Waals surface area contributed by atoms with Gasteiger partial charge in [0.15, 0.2) is 4.67 Å². The van der Waals surface area contributed by atoms with Crippen molar-refractivity contribution in [1.29, 1.82) is 0 Å². The molecule has 1 amide bonds. The SMILES string of the molecule is O=C(c1coc(Br)c1)N1CCC(CBr)C1. The maximum atomic E-state index is 12.0. The van der Waals surface area contributed by atoms with Crippen LogP contribution in [-0.2, 0) is 0 Å². The Morgan fingerprint density at radius 2 is 2.47 bits per heavy atom. The van der Waals surface area contributed by atoms with Crippen molar-refractivity contribution in [2.75, 3.05) is 18.4 Å². The van der Waals surface area contributed by atoms with Gasteiger partial charge in [0.25, 0.3) is 5.91 Å². The second-order valence-electron chi connectivity index (χ2n) is 3.70. The average Bonchev–Trinajstić information content (AvgIpc) is 2.84. The van der Waals surface area contributed by atoms with Gasteiger partial charge in [0.2, 0.25) is 0 Å². The lowest BCUT2D eigenvalue weighted by Crippen LogP contribution is -2.28. The third kappa shape index (κ3) is 2.45. The molecule has 2 rings (SSSR count). The molecule has 1 saturated heterocycles. The summed E-state index contributed by atoms with van der Waals surface area (Å²) in [7, 11) is 0. The Labute approximate surface area is 105 Å². The normalized spacial score (nSPS) is 20.9. The number of nitrogens with zero attached hydrogens (tertiary/aromatic N) is 1. The van der Waals surface area contributed by atoms with Crippen LogP contribution in [0.15, 0.2) is 21.4 Å². The number of likely N-dealkylation sites (tertiary alicyclic amines) is 1. The minimum atomic E-state index is 0.0629. The number of amides is 1. The minimum absolute atomic E-state index is 0.0629. The number of carbonyl (C=O) groups excluding carboxylic acids is 1. The van der Waals surface area contributed by atoms with Crippen molar-refractivity contribution >= 4 is 37.8 Å². The fraction of sp³-hybridized carbons (Fsp3) is 0.500. The number of furan rings is 1. The van der Waals surface area contributed by atoms with Crippen LogP contribution in [0.5, 0.6) is 0 Å². The molecule has 0 aliphatic carbocycles. The largest absolute Gasteiger partial charge is 0.457 e. The summed E-state index contributed by atoms with van der Waals surface area (Å²) < 4.78 is 5.66. The zero-order valence-corrected chi connectivity index (χ0v) is 11.3. The molecule has 1 aliphatic rings. The summed E-state index contributed by atoms with van der Waals surface area (Å²) in [6.45, 7) is 1.69. The Bertz CT molecular complexity index is 364. The summed E-state index contributed by atoms with van der Waals surface area (Å²) in [6, 6.07) is 1.71. The third-order valence-electron chi connectivity index (χ3n) is 2.61. The number of halogens is 2. The summed E-state index contributed by atoms with van der Waals surface area (Å²) in [5.41, 5.74) is 0.622. The van der Waals surface area contributed by atoms with E-state index in [9.17, 15) is 4.79 Å². The molecule has 15 heavy (non-hydrogen) atoms. The first kappa shape index (κ1) is 11.2. The number of hydrogen-bond acceptors (Lipinski definition) is 2. The van der Waals surface area contributed by atoms with Crippen molar-refractivity contribution in [1.82, 2.24) is 4.90 Å². The fourth-order valence-electron chi connectivity index (χ4n) is 1.75. The first-order chi connectivity index (χ1) is 7.20. The van der Waals surface area contributed by atoms with Gasteiger partial charge in [-0.05, 0) is 28.3 Å². The highest BCUT2D eigenvalue weighted by molar-refractivity contribution is 9.10. The predicted molar refractivity (Wildman–Crippen MR) is 64.2 cm³/mol. The topological polar surface area (TPSA) is 33.5 Å². The highest BCUT2D eigenvalue weighted by Gasteiger charge is 2.26. The van der Waals surface area contributed by atoms with Gasteiger partial charge < -0.3 is 9.32 Å². The first-order valence-electron chi connectivity index (χ1n) is 4.80. The van der Waals surface area contributed by atoms with Gasteiger partial charge in [-0.1, -0.05) is 15.9 Å². The summed E-state index contributed by atoms with van der Waals surface area (Å²) in [4.78, 5) is 13.8. The molecule has 0 radical (unpaired) electrons. The molecule has 3 nitrogen and oxygen atoms in total. The minimum Gasteiger partial charge on any atom is -0.457 e. The molecule has 0 N–H and O–H groups in total. The predicted octanol–water partition coefficient (Wildman–Crippen LogP) is 2.90. The Hall–Kier alpha value is -0.290. The molecule has 1 aromatic heterocycles. The molecule has 1 aliphatic heterocycles. The second-order valence-corrected chi connectivity index (χ2v) is 5.13. The van der Waals surface area contributed by atoms with Crippen LogP contribution in [-0.4, -0.2) is 29.2 Å². The molecule has 2 heterocycles. The Kier molecular flexibility index (Phi) is 3.51. The zero-order chi connectivity index (χ0) is 10.8. The molecule has 1 aromatic rings. The molecular weight excluding hydrogens is 326 g/mol. The van der Waals surface area contributed by atoms with Gasteiger partial charge >= 0.3 is 0 Å². The van der Waals surface area contributed by atoms with Crippen molar-refractivity contribution in [3.63, 3.8) is 0 Å². The van der Waals surface area contributed by atoms with Gasteiger partial charge in [-0.3, -0.25) is 4.79 Å². The van der Waals surface area contributed by atoms with Crippen LogP contribution in [0.3, 0.4) is 0 Å². The molecule has 0 aromatic carbocycles. The fourth-order valence-corrected chi connectivity index (χ4v) is 2.62. The quantitative estimate of drug-likeness (QED) is 0.778. The zero-order valence-electron chi connectivity index (χ0n) is 8.08. The van der Waals surface area contributed by atoms with E-state index in [0.717, 1.165) is 24.8 Å².